The third-order valence-corrected chi connectivity index (χ3v) is 1.83. The summed E-state index contributed by atoms with van der Waals surface area (Å²) in [5.41, 5.74) is -0.547. The second-order valence-corrected chi connectivity index (χ2v) is 3.70. The van der Waals surface area contributed by atoms with Gasteiger partial charge in [0.25, 0.3) is 0 Å². The van der Waals surface area contributed by atoms with Crippen molar-refractivity contribution in [1.82, 2.24) is 0 Å². The van der Waals surface area contributed by atoms with Gasteiger partial charge in [0.05, 0.1) is 13.7 Å². The topological polar surface area (TPSA) is 38.7 Å². The first-order valence-corrected chi connectivity index (χ1v) is 4.51. The number of aliphatic hydroxyl groups excluding tert-OH is 1. The van der Waals surface area contributed by atoms with Gasteiger partial charge in [-0.2, -0.15) is 0 Å². The van der Waals surface area contributed by atoms with E-state index in [1.54, 1.807) is 7.11 Å². The van der Waals surface area contributed by atoms with Crippen LogP contribution in [0.25, 0.3) is 0 Å². The molecule has 1 aromatic carbocycles. The van der Waals surface area contributed by atoms with Crippen LogP contribution in [0.2, 0.25) is 0 Å². The first kappa shape index (κ1) is 10.9. The van der Waals surface area contributed by atoms with Gasteiger partial charge in [0, 0.05) is 0 Å². The lowest BCUT2D eigenvalue weighted by Gasteiger charge is -2.23. The van der Waals surface area contributed by atoms with Gasteiger partial charge in [0.15, 0.2) is 0 Å². The number of methoxy groups -OCH3 is 1. The average Bonchev–Trinajstić information content (AvgIpc) is 2.19. The van der Waals surface area contributed by atoms with Gasteiger partial charge >= 0.3 is 0 Å². The summed E-state index contributed by atoms with van der Waals surface area (Å²) in [6, 6.07) is 7.28. The minimum Gasteiger partial charge on any atom is -0.497 e. The van der Waals surface area contributed by atoms with Crippen molar-refractivity contribution in [3.05, 3.63) is 24.3 Å². The molecule has 0 spiro atoms. The highest BCUT2D eigenvalue weighted by molar-refractivity contribution is 5.31. The highest BCUT2D eigenvalue weighted by atomic mass is 16.5. The first-order chi connectivity index (χ1) is 6.57. The van der Waals surface area contributed by atoms with Crippen molar-refractivity contribution >= 4 is 0 Å². The van der Waals surface area contributed by atoms with E-state index in [-0.39, 0.29) is 6.61 Å². The zero-order valence-corrected chi connectivity index (χ0v) is 8.78. The van der Waals surface area contributed by atoms with Gasteiger partial charge in [-0.25, -0.2) is 0 Å². The molecule has 0 saturated carbocycles. The van der Waals surface area contributed by atoms with Crippen molar-refractivity contribution in [3.63, 3.8) is 0 Å². The third kappa shape index (κ3) is 2.92. The Morgan fingerprint density at radius 2 is 1.64 bits per heavy atom. The molecule has 0 fully saturated rings. The molecule has 3 heteroatoms. The van der Waals surface area contributed by atoms with Crippen molar-refractivity contribution in [1.29, 1.82) is 0 Å². The molecular weight excluding hydrogens is 180 g/mol. The Morgan fingerprint density at radius 3 is 2.07 bits per heavy atom. The van der Waals surface area contributed by atoms with Crippen LogP contribution >= 0.6 is 0 Å². The molecule has 0 amide bonds. The maximum absolute atomic E-state index is 9.01. The summed E-state index contributed by atoms with van der Waals surface area (Å²) in [6.07, 6.45) is 0. The molecule has 0 unspecified atom stereocenters. The molecule has 0 aromatic heterocycles. The number of rotatable bonds is 4. The summed E-state index contributed by atoms with van der Waals surface area (Å²) in [7, 11) is 1.62. The number of hydrogen-bond acceptors (Lipinski definition) is 3. The zero-order valence-electron chi connectivity index (χ0n) is 8.78. The molecule has 1 aromatic rings. The van der Waals surface area contributed by atoms with Gasteiger partial charge in [0.2, 0.25) is 0 Å². The van der Waals surface area contributed by atoms with Gasteiger partial charge in [-0.05, 0) is 38.1 Å². The van der Waals surface area contributed by atoms with Crippen LogP contribution in [0, 0.1) is 0 Å². The van der Waals surface area contributed by atoms with Gasteiger partial charge in [0.1, 0.15) is 17.1 Å². The van der Waals surface area contributed by atoms with Gasteiger partial charge in [-0.1, -0.05) is 0 Å². The lowest BCUT2D eigenvalue weighted by atomic mass is 10.1. The normalized spacial score (nSPS) is 11.1. The molecule has 78 valence electrons. The third-order valence-electron chi connectivity index (χ3n) is 1.83. The van der Waals surface area contributed by atoms with Crippen molar-refractivity contribution < 1.29 is 14.6 Å². The largest absolute Gasteiger partial charge is 0.497 e. The molecule has 0 atom stereocenters. The number of aliphatic hydroxyl groups is 1. The molecule has 0 saturated heterocycles. The van der Waals surface area contributed by atoms with Gasteiger partial charge in [-0.15, -0.1) is 0 Å². The quantitative estimate of drug-likeness (QED) is 0.798. The van der Waals surface area contributed by atoms with E-state index in [0.29, 0.717) is 0 Å². The second-order valence-electron chi connectivity index (χ2n) is 3.70. The van der Waals surface area contributed by atoms with E-state index in [2.05, 4.69) is 0 Å². The van der Waals surface area contributed by atoms with Crippen LogP contribution in [0.4, 0.5) is 0 Å². The Labute approximate surface area is 84.3 Å². The van der Waals surface area contributed by atoms with E-state index < -0.39 is 5.60 Å². The lowest BCUT2D eigenvalue weighted by Crippen LogP contribution is -2.32. The van der Waals surface area contributed by atoms with E-state index in [1.807, 2.05) is 38.1 Å². The molecule has 0 aliphatic rings. The Bertz CT molecular complexity index is 277. The predicted octanol–water partition coefficient (Wildman–Crippen LogP) is 1.84. The standard InChI is InChI=1S/C11H16O3/c1-11(2,8-12)14-10-6-4-9(13-3)5-7-10/h4-7,12H,8H2,1-3H3. The van der Waals surface area contributed by atoms with Crippen LogP contribution < -0.4 is 9.47 Å². The molecular formula is C11H16O3. The number of hydrogen-bond donors (Lipinski definition) is 1. The molecule has 0 heterocycles. The van der Waals surface area contributed by atoms with E-state index in [9.17, 15) is 0 Å². The Hall–Kier alpha value is -1.22. The highest BCUT2D eigenvalue weighted by Gasteiger charge is 2.17. The molecule has 0 radical (unpaired) electrons. The van der Waals surface area contributed by atoms with Crippen molar-refractivity contribution in [2.75, 3.05) is 13.7 Å². The Kier molecular flexibility index (Phi) is 3.36. The monoisotopic (exact) mass is 196 g/mol. The van der Waals surface area contributed by atoms with Crippen LogP contribution in [-0.2, 0) is 0 Å². The summed E-state index contributed by atoms with van der Waals surface area (Å²) in [5, 5.41) is 9.01. The molecule has 0 bridgehead atoms. The molecule has 0 aliphatic carbocycles. The summed E-state index contributed by atoms with van der Waals surface area (Å²) < 4.78 is 10.6. The Morgan fingerprint density at radius 1 is 1.14 bits per heavy atom. The fraction of sp³-hybridized carbons (Fsp3) is 0.455. The maximum atomic E-state index is 9.01. The van der Waals surface area contributed by atoms with E-state index in [4.69, 9.17) is 14.6 Å². The Balaban J connectivity index is 2.69. The first-order valence-electron chi connectivity index (χ1n) is 4.51. The molecule has 1 N–H and O–H groups in total. The average molecular weight is 196 g/mol. The predicted molar refractivity (Wildman–Crippen MR) is 54.8 cm³/mol. The van der Waals surface area contributed by atoms with Gasteiger partial charge < -0.3 is 14.6 Å². The maximum Gasteiger partial charge on any atom is 0.126 e. The lowest BCUT2D eigenvalue weighted by molar-refractivity contribution is 0.0412. The van der Waals surface area contributed by atoms with E-state index in [1.165, 1.54) is 0 Å². The van der Waals surface area contributed by atoms with Crippen LogP contribution in [0.5, 0.6) is 11.5 Å². The number of benzene rings is 1. The summed E-state index contributed by atoms with van der Waals surface area (Å²) in [4.78, 5) is 0. The van der Waals surface area contributed by atoms with Crippen molar-refractivity contribution in [2.24, 2.45) is 0 Å². The minimum atomic E-state index is -0.547. The summed E-state index contributed by atoms with van der Waals surface area (Å²) >= 11 is 0. The summed E-state index contributed by atoms with van der Waals surface area (Å²) in [5.74, 6) is 1.52. The molecule has 1 rings (SSSR count). The zero-order chi connectivity index (χ0) is 10.6. The number of ether oxygens (including phenoxy) is 2. The highest BCUT2D eigenvalue weighted by Crippen LogP contribution is 2.21. The minimum absolute atomic E-state index is 0.0149. The fourth-order valence-electron chi connectivity index (χ4n) is 0.995. The van der Waals surface area contributed by atoms with E-state index >= 15 is 0 Å². The fourth-order valence-corrected chi connectivity index (χ4v) is 0.995. The van der Waals surface area contributed by atoms with E-state index in [0.717, 1.165) is 11.5 Å². The van der Waals surface area contributed by atoms with Crippen LogP contribution in [0.15, 0.2) is 24.3 Å². The van der Waals surface area contributed by atoms with Gasteiger partial charge in [-0.3, -0.25) is 0 Å². The molecule has 14 heavy (non-hydrogen) atoms. The summed E-state index contributed by atoms with van der Waals surface area (Å²) in [6.45, 7) is 3.65. The smallest absolute Gasteiger partial charge is 0.126 e. The van der Waals surface area contributed by atoms with Crippen LogP contribution in [0.1, 0.15) is 13.8 Å². The SMILES string of the molecule is COc1ccc(OC(C)(C)CO)cc1. The van der Waals surface area contributed by atoms with Crippen molar-refractivity contribution in [3.8, 4) is 11.5 Å². The van der Waals surface area contributed by atoms with Crippen molar-refractivity contribution in [2.45, 2.75) is 19.4 Å². The van der Waals surface area contributed by atoms with Crippen LogP contribution in [0.3, 0.4) is 0 Å². The van der Waals surface area contributed by atoms with Crippen LogP contribution in [-0.4, -0.2) is 24.4 Å². The molecule has 0 aliphatic heterocycles. The second kappa shape index (κ2) is 4.33. The molecule has 3 nitrogen and oxygen atoms in total.